The van der Waals surface area contributed by atoms with Gasteiger partial charge in [-0.2, -0.15) is 0 Å². The van der Waals surface area contributed by atoms with E-state index in [0.29, 0.717) is 12.3 Å². The van der Waals surface area contributed by atoms with Crippen molar-refractivity contribution in [3.05, 3.63) is 51.4 Å². The predicted molar refractivity (Wildman–Crippen MR) is 88.7 cm³/mol. The van der Waals surface area contributed by atoms with Gasteiger partial charge in [0.1, 0.15) is 11.3 Å². The maximum atomic E-state index is 5.91. The lowest BCUT2D eigenvalue weighted by molar-refractivity contribution is 0.906. The maximum absolute atomic E-state index is 5.91. The SMILES string of the molecule is ClCCc1nc2cnccc2n1-c1c(Br)cccc1Br. The standard InChI is InChI=1S/C14H10Br2ClN3/c15-9-2-1-3-10(16)14(9)20-12-5-7-18-8-11(12)19-13(20)4-6-17/h1-3,5,7-8H,4,6H2. The van der Waals surface area contributed by atoms with Gasteiger partial charge in [0.15, 0.2) is 0 Å². The average molecular weight is 416 g/mol. The van der Waals surface area contributed by atoms with Crippen LogP contribution >= 0.6 is 43.5 Å². The third-order valence-corrected chi connectivity index (χ3v) is 4.47. The molecular formula is C14H10Br2ClN3. The van der Waals surface area contributed by atoms with E-state index in [-0.39, 0.29) is 0 Å². The van der Waals surface area contributed by atoms with E-state index >= 15 is 0 Å². The van der Waals surface area contributed by atoms with Crippen LogP contribution in [0.3, 0.4) is 0 Å². The van der Waals surface area contributed by atoms with Crippen molar-refractivity contribution < 1.29 is 0 Å². The van der Waals surface area contributed by atoms with Crippen LogP contribution in [-0.2, 0) is 6.42 Å². The van der Waals surface area contributed by atoms with Crippen molar-refractivity contribution in [3.8, 4) is 5.69 Å². The average Bonchev–Trinajstić information content (AvgIpc) is 2.78. The highest BCUT2D eigenvalue weighted by molar-refractivity contribution is 9.11. The van der Waals surface area contributed by atoms with Gasteiger partial charge in [0, 0.05) is 27.4 Å². The van der Waals surface area contributed by atoms with Crippen LogP contribution in [0.1, 0.15) is 5.82 Å². The molecule has 0 N–H and O–H groups in total. The van der Waals surface area contributed by atoms with Gasteiger partial charge in [0.2, 0.25) is 0 Å². The van der Waals surface area contributed by atoms with Crippen LogP contribution in [0.25, 0.3) is 16.7 Å². The minimum atomic E-state index is 0.527. The third-order valence-electron chi connectivity index (χ3n) is 3.01. The molecule has 0 radical (unpaired) electrons. The number of fused-ring (bicyclic) bond motifs is 1. The summed E-state index contributed by atoms with van der Waals surface area (Å²) in [6.07, 6.45) is 4.24. The second-order valence-corrected chi connectivity index (χ2v) is 6.32. The molecule has 3 nitrogen and oxygen atoms in total. The molecule has 102 valence electrons. The van der Waals surface area contributed by atoms with Gasteiger partial charge >= 0.3 is 0 Å². The molecule has 2 heterocycles. The molecule has 3 aromatic rings. The van der Waals surface area contributed by atoms with Gasteiger partial charge in [-0.3, -0.25) is 9.55 Å². The fraction of sp³-hybridized carbons (Fsp3) is 0.143. The van der Waals surface area contributed by atoms with Crippen molar-refractivity contribution in [2.75, 3.05) is 5.88 Å². The van der Waals surface area contributed by atoms with E-state index < -0.39 is 0 Å². The first-order chi connectivity index (χ1) is 9.72. The molecule has 20 heavy (non-hydrogen) atoms. The largest absolute Gasteiger partial charge is 0.294 e. The number of imidazole rings is 1. The van der Waals surface area contributed by atoms with Crippen LogP contribution in [0.2, 0.25) is 0 Å². The van der Waals surface area contributed by atoms with Crippen molar-refractivity contribution in [1.29, 1.82) is 0 Å². The number of pyridine rings is 1. The van der Waals surface area contributed by atoms with Crippen molar-refractivity contribution in [1.82, 2.24) is 14.5 Å². The third kappa shape index (κ3) is 2.38. The first-order valence-corrected chi connectivity index (χ1v) is 8.16. The van der Waals surface area contributed by atoms with Crippen LogP contribution in [0.4, 0.5) is 0 Å². The highest BCUT2D eigenvalue weighted by atomic mass is 79.9. The normalized spacial score (nSPS) is 11.2. The van der Waals surface area contributed by atoms with Gasteiger partial charge in [-0.1, -0.05) is 6.07 Å². The molecule has 0 fully saturated rings. The van der Waals surface area contributed by atoms with E-state index in [0.717, 1.165) is 31.5 Å². The van der Waals surface area contributed by atoms with Gasteiger partial charge in [0.25, 0.3) is 0 Å². The Labute approximate surface area is 138 Å². The van der Waals surface area contributed by atoms with Crippen LogP contribution in [0.5, 0.6) is 0 Å². The molecule has 0 aliphatic rings. The summed E-state index contributed by atoms with van der Waals surface area (Å²) < 4.78 is 4.12. The molecule has 1 aromatic carbocycles. The van der Waals surface area contributed by atoms with E-state index in [2.05, 4.69) is 46.4 Å². The van der Waals surface area contributed by atoms with Crippen molar-refractivity contribution in [2.45, 2.75) is 6.42 Å². The Kier molecular flexibility index (Phi) is 4.10. The van der Waals surface area contributed by atoms with Crippen LogP contribution < -0.4 is 0 Å². The van der Waals surface area contributed by atoms with Gasteiger partial charge in [-0.25, -0.2) is 4.98 Å². The summed E-state index contributed by atoms with van der Waals surface area (Å²) in [5, 5.41) is 0. The number of aryl methyl sites for hydroxylation is 1. The minimum absolute atomic E-state index is 0.527. The van der Waals surface area contributed by atoms with E-state index in [9.17, 15) is 0 Å². The molecule has 0 aliphatic heterocycles. The summed E-state index contributed by atoms with van der Waals surface area (Å²) in [5.41, 5.74) is 2.92. The van der Waals surface area contributed by atoms with E-state index in [1.54, 1.807) is 12.4 Å². The highest BCUT2D eigenvalue weighted by Crippen LogP contribution is 2.33. The fourth-order valence-electron chi connectivity index (χ4n) is 2.19. The Bertz CT molecular complexity index is 750. The van der Waals surface area contributed by atoms with E-state index in [1.807, 2.05) is 24.3 Å². The summed E-state index contributed by atoms with van der Waals surface area (Å²) in [4.78, 5) is 8.77. The minimum Gasteiger partial charge on any atom is -0.294 e. The van der Waals surface area contributed by atoms with Gasteiger partial charge in [-0.05, 0) is 50.1 Å². The lowest BCUT2D eigenvalue weighted by atomic mass is 10.3. The Hall–Kier alpha value is -0.910. The molecule has 0 spiro atoms. The molecule has 0 unspecified atom stereocenters. The number of para-hydroxylation sites is 1. The number of rotatable bonds is 3. The summed E-state index contributed by atoms with van der Waals surface area (Å²) in [6.45, 7) is 0. The molecule has 0 saturated heterocycles. The monoisotopic (exact) mass is 413 g/mol. The van der Waals surface area contributed by atoms with Gasteiger partial charge < -0.3 is 0 Å². The Balaban J connectivity index is 2.36. The topological polar surface area (TPSA) is 30.7 Å². The Morgan fingerprint density at radius 3 is 2.60 bits per heavy atom. The molecule has 0 atom stereocenters. The van der Waals surface area contributed by atoms with Crippen molar-refractivity contribution in [3.63, 3.8) is 0 Å². The molecule has 3 rings (SSSR count). The number of hydrogen-bond acceptors (Lipinski definition) is 2. The number of nitrogens with zero attached hydrogens (tertiary/aromatic N) is 3. The summed E-state index contributed by atoms with van der Waals surface area (Å²) in [7, 11) is 0. The smallest absolute Gasteiger partial charge is 0.115 e. The molecule has 0 bridgehead atoms. The summed E-state index contributed by atoms with van der Waals surface area (Å²) in [5.74, 6) is 1.45. The Morgan fingerprint density at radius 2 is 1.90 bits per heavy atom. The zero-order valence-electron chi connectivity index (χ0n) is 10.4. The number of benzene rings is 1. The zero-order valence-corrected chi connectivity index (χ0v) is 14.3. The predicted octanol–water partition coefficient (Wildman–Crippen LogP) is 4.73. The molecule has 0 aliphatic carbocycles. The first kappa shape index (κ1) is 14.0. The van der Waals surface area contributed by atoms with Crippen molar-refractivity contribution in [2.24, 2.45) is 0 Å². The lowest BCUT2D eigenvalue weighted by Gasteiger charge is -2.12. The van der Waals surface area contributed by atoms with Crippen molar-refractivity contribution >= 4 is 54.5 Å². The highest BCUT2D eigenvalue weighted by Gasteiger charge is 2.16. The van der Waals surface area contributed by atoms with E-state index in [4.69, 9.17) is 11.6 Å². The van der Waals surface area contributed by atoms with E-state index in [1.165, 1.54) is 0 Å². The van der Waals surface area contributed by atoms with Crippen LogP contribution in [-0.4, -0.2) is 20.4 Å². The quantitative estimate of drug-likeness (QED) is 0.579. The summed E-state index contributed by atoms with van der Waals surface area (Å²) in [6, 6.07) is 7.97. The maximum Gasteiger partial charge on any atom is 0.115 e. The first-order valence-electron chi connectivity index (χ1n) is 6.04. The molecule has 2 aromatic heterocycles. The zero-order chi connectivity index (χ0) is 14.1. The van der Waals surface area contributed by atoms with Gasteiger partial charge in [-0.15, -0.1) is 11.6 Å². The molecule has 0 amide bonds. The molecular weight excluding hydrogens is 405 g/mol. The molecule has 0 saturated carbocycles. The number of halogens is 3. The lowest BCUT2D eigenvalue weighted by Crippen LogP contribution is -2.04. The van der Waals surface area contributed by atoms with Crippen LogP contribution in [0.15, 0.2) is 45.6 Å². The summed E-state index contributed by atoms with van der Waals surface area (Å²) >= 11 is 13.1. The number of aromatic nitrogens is 3. The second kappa shape index (κ2) is 5.84. The fourth-order valence-corrected chi connectivity index (χ4v) is 3.71. The number of alkyl halides is 1. The van der Waals surface area contributed by atoms with Crippen LogP contribution in [0, 0.1) is 0 Å². The Morgan fingerprint density at radius 1 is 1.15 bits per heavy atom. The number of hydrogen-bond donors (Lipinski definition) is 0. The van der Waals surface area contributed by atoms with Gasteiger partial charge in [0.05, 0.1) is 17.4 Å². The molecule has 6 heteroatoms. The second-order valence-electron chi connectivity index (χ2n) is 4.24.